The van der Waals surface area contributed by atoms with Crippen molar-refractivity contribution in [1.82, 2.24) is 0 Å². The maximum Gasteiger partial charge on any atom is 3.00 e. The van der Waals surface area contributed by atoms with Crippen LogP contribution in [0.1, 0.15) is 0 Å². The van der Waals surface area contributed by atoms with E-state index in [-0.39, 0.29) is 51.0 Å². The van der Waals surface area contributed by atoms with Gasteiger partial charge in [-0.1, -0.05) is 22.0 Å². The normalized spacial score (nSPS) is 9.31. The Kier molecular flexibility index (Phi) is 6.42. The molecule has 1 aliphatic heterocycles. The maximum absolute atomic E-state index is 5.40. The second kappa shape index (κ2) is 6.30. The van der Waals surface area contributed by atoms with E-state index >= 15 is 0 Å². The minimum absolute atomic E-state index is 0. The van der Waals surface area contributed by atoms with Crippen LogP contribution >= 0.6 is 15.9 Å². The molecule has 0 aromatic heterocycles. The molecule has 0 bridgehead atoms. The summed E-state index contributed by atoms with van der Waals surface area (Å²) in [4.78, 5) is 0. The van der Waals surface area contributed by atoms with Gasteiger partial charge in [0.1, 0.15) is 0 Å². The fraction of sp³-hybridized carbons (Fsp3) is 0. The molecule has 0 saturated heterocycles. The summed E-state index contributed by atoms with van der Waals surface area (Å²) in [6, 6.07) is 10.3. The molecule has 16 heavy (non-hydrogen) atoms. The van der Waals surface area contributed by atoms with Crippen LogP contribution < -0.4 is 24.8 Å². The molecule has 0 atom stereocenters. The molecule has 0 saturated carbocycles. The molecule has 0 unspecified atom stereocenters. The number of furan rings is 1. The predicted octanol–water partition coefficient (Wildman–Crippen LogP) is -1.98. The summed E-state index contributed by atoms with van der Waals surface area (Å²) in [7, 11) is 0. The third-order valence-corrected chi connectivity index (χ3v) is 2.76. The van der Waals surface area contributed by atoms with Crippen LogP contribution in [0.25, 0.3) is 22.1 Å². The molecule has 1 aromatic rings. The molecule has 81 valence electrons. The summed E-state index contributed by atoms with van der Waals surface area (Å²) < 4.78 is 6.50. The SMILES string of the molecule is Brc1ccc2c3o[cH-]cc-3cc2c1.[Cl-].[Cl-].[Zr+3]. The van der Waals surface area contributed by atoms with E-state index in [1.165, 1.54) is 16.3 Å². The minimum atomic E-state index is 0. The number of hydrogen-bond donors (Lipinski definition) is 0. The summed E-state index contributed by atoms with van der Waals surface area (Å²) in [5.41, 5.74) is 1.17. The number of rotatable bonds is 0. The van der Waals surface area contributed by atoms with Crippen molar-refractivity contribution in [2.75, 3.05) is 0 Å². The molecule has 3 rings (SSSR count). The smallest absolute Gasteiger partial charge is 1.00 e. The molecule has 0 N–H and O–H groups in total. The molecule has 0 amide bonds. The van der Waals surface area contributed by atoms with Gasteiger partial charge < -0.3 is 29.2 Å². The van der Waals surface area contributed by atoms with Crippen LogP contribution in [-0.2, 0) is 26.2 Å². The zero-order chi connectivity index (χ0) is 8.84. The molecule has 0 fully saturated rings. The monoisotopic (exact) mass is 393 g/mol. The molecule has 1 aromatic carbocycles. The third kappa shape index (κ3) is 2.59. The van der Waals surface area contributed by atoms with Gasteiger partial charge in [0, 0.05) is 4.47 Å². The Morgan fingerprint density at radius 3 is 2.62 bits per heavy atom. The van der Waals surface area contributed by atoms with Gasteiger partial charge in [0.25, 0.3) is 0 Å². The van der Waals surface area contributed by atoms with Crippen molar-refractivity contribution in [3.05, 3.63) is 41.1 Å². The van der Waals surface area contributed by atoms with Crippen molar-refractivity contribution in [3.8, 4) is 11.3 Å². The number of fused-ring (bicyclic) bond motifs is 3. The Morgan fingerprint density at radius 1 is 1.12 bits per heavy atom. The van der Waals surface area contributed by atoms with Gasteiger partial charge in [-0.05, 0) is 34.9 Å². The molecule has 2 aliphatic rings. The summed E-state index contributed by atoms with van der Waals surface area (Å²) in [5, 5.41) is 2.41. The van der Waals surface area contributed by atoms with Gasteiger partial charge in [0.15, 0.2) is 0 Å². The van der Waals surface area contributed by atoms with Gasteiger partial charge in [-0.25, -0.2) is 0 Å². The van der Waals surface area contributed by atoms with Crippen molar-refractivity contribution >= 4 is 26.7 Å². The van der Waals surface area contributed by atoms with Crippen molar-refractivity contribution in [3.63, 3.8) is 0 Å². The van der Waals surface area contributed by atoms with E-state index in [1.807, 2.05) is 12.1 Å². The van der Waals surface area contributed by atoms with Gasteiger partial charge >= 0.3 is 26.2 Å². The Labute approximate surface area is 133 Å². The van der Waals surface area contributed by atoms with Crippen LogP contribution in [0.5, 0.6) is 0 Å². The summed E-state index contributed by atoms with van der Waals surface area (Å²) in [5.74, 6) is 0.988. The first-order valence-electron chi connectivity index (χ1n) is 4.07. The summed E-state index contributed by atoms with van der Waals surface area (Å²) in [6.45, 7) is 0. The van der Waals surface area contributed by atoms with E-state index < -0.39 is 0 Å². The predicted molar refractivity (Wildman–Crippen MR) is 56.1 cm³/mol. The van der Waals surface area contributed by atoms with E-state index in [1.54, 1.807) is 6.26 Å². The Bertz CT molecular complexity index is 546. The van der Waals surface area contributed by atoms with Crippen LogP contribution in [0.2, 0.25) is 0 Å². The van der Waals surface area contributed by atoms with Crippen molar-refractivity contribution in [2.24, 2.45) is 0 Å². The molecule has 1 aliphatic carbocycles. The van der Waals surface area contributed by atoms with Crippen LogP contribution in [0, 0.1) is 0 Å². The number of halogens is 3. The molecule has 0 spiro atoms. The van der Waals surface area contributed by atoms with Crippen molar-refractivity contribution in [1.29, 1.82) is 0 Å². The first kappa shape index (κ1) is 16.3. The molecular formula is C11H6BrCl2OZr. The van der Waals surface area contributed by atoms with Crippen LogP contribution in [-0.4, -0.2) is 0 Å². The fourth-order valence-electron chi connectivity index (χ4n) is 1.68. The van der Waals surface area contributed by atoms with Gasteiger partial charge in [-0.15, -0.1) is 17.7 Å². The quantitative estimate of drug-likeness (QED) is 0.402. The first-order chi connectivity index (χ1) is 6.34. The Morgan fingerprint density at radius 2 is 1.88 bits per heavy atom. The molecule has 1 heterocycles. The van der Waals surface area contributed by atoms with Crippen LogP contribution in [0.15, 0.2) is 45.5 Å². The third-order valence-electron chi connectivity index (χ3n) is 2.26. The average molecular weight is 396 g/mol. The van der Waals surface area contributed by atoms with Gasteiger partial charge in [0.2, 0.25) is 0 Å². The zero-order valence-corrected chi connectivity index (χ0v) is 13.6. The van der Waals surface area contributed by atoms with E-state index in [2.05, 4.69) is 34.1 Å². The molecule has 5 heteroatoms. The van der Waals surface area contributed by atoms with Crippen molar-refractivity contribution < 1.29 is 55.4 Å². The molecule has 1 radical (unpaired) electrons. The topological polar surface area (TPSA) is 13.1 Å². The standard InChI is InChI=1S/C11H6BrO.2ClH.Zr/c12-9-1-2-10-8(6-9)5-7-3-4-13-11(7)10;;;/h1-6H;2*1H;/q-1;;;+3/p-2. The van der Waals surface area contributed by atoms with Gasteiger partial charge in [-0.3, -0.25) is 0 Å². The minimum Gasteiger partial charge on any atom is -1.00 e. The zero-order valence-electron chi connectivity index (χ0n) is 8.01. The van der Waals surface area contributed by atoms with Crippen molar-refractivity contribution in [2.45, 2.75) is 0 Å². The first-order valence-corrected chi connectivity index (χ1v) is 4.86. The number of benzene rings is 1. The average Bonchev–Trinajstić information content (AvgIpc) is 2.62. The molecule has 1 nitrogen and oxygen atoms in total. The number of hydrogen-bond acceptors (Lipinski definition) is 1. The molecular weight excluding hydrogens is 390 g/mol. The van der Waals surface area contributed by atoms with Crippen LogP contribution in [0.4, 0.5) is 0 Å². The summed E-state index contributed by atoms with van der Waals surface area (Å²) >= 11 is 3.45. The van der Waals surface area contributed by atoms with E-state index in [0.29, 0.717) is 0 Å². The second-order valence-electron chi connectivity index (χ2n) is 3.08. The summed E-state index contributed by atoms with van der Waals surface area (Å²) in [6.07, 6.45) is 1.73. The second-order valence-corrected chi connectivity index (χ2v) is 4.00. The van der Waals surface area contributed by atoms with Gasteiger partial charge in [-0.2, -0.15) is 0 Å². The largest absolute Gasteiger partial charge is 3.00 e. The maximum atomic E-state index is 5.40. The Balaban J connectivity index is 0.000000750. The fourth-order valence-corrected chi connectivity index (χ4v) is 2.06. The van der Waals surface area contributed by atoms with E-state index in [0.717, 1.165) is 10.2 Å². The van der Waals surface area contributed by atoms with E-state index in [4.69, 9.17) is 4.42 Å². The van der Waals surface area contributed by atoms with Gasteiger partial charge in [0.05, 0.1) is 0 Å². The van der Waals surface area contributed by atoms with Crippen LogP contribution in [0.3, 0.4) is 0 Å². The Hall–Kier alpha value is 0.313. The van der Waals surface area contributed by atoms with E-state index in [9.17, 15) is 0 Å².